The largest absolute Gasteiger partial charge is 0.493 e. The first-order valence-corrected chi connectivity index (χ1v) is 8.63. The highest BCUT2D eigenvalue weighted by atomic mass is 32.2. The van der Waals surface area contributed by atoms with Gasteiger partial charge in [-0.2, -0.15) is 5.26 Å². The minimum Gasteiger partial charge on any atom is -0.493 e. The fourth-order valence-electron chi connectivity index (χ4n) is 2.53. The molecule has 1 aromatic carbocycles. The molecule has 0 saturated heterocycles. The Morgan fingerprint density at radius 1 is 1.20 bits per heavy atom. The first-order valence-electron chi connectivity index (χ1n) is 7.25. The third kappa shape index (κ3) is 4.64. The fourth-order valence-corrected chi connectivity index (χ4v) is 3.97. The molecule has 0 bridgehead atoms. The molecule has 1 atom stereocenters. The second kappa shape index (κ2) is 8.06. The zero-order valence-electron chi connectivity index (χ0n) is 11.7. The standard InChI is InChI=1S/C16H21NO2S/c17-11-10-14-6-8-15(9-7-14)19-12-13-20(18)16-4-2-1-3-5-16/h6-9,16H,1-5,10,12-13H2. The van der Waals surface area contributed by atoms with Gasteiger partial charge in [-0.05, 0) is 30.5 Å². The van der Waals surface area contributed by atoms with E-state index in [0.717, 1.165) is 24.2 Å². The molecule has 1 aliphatic carbocycles. The van der Waals surface area contributed by atoms with Crippen LogP contribution in [0.4, 0.5) is 0 Å². The maximum atomic E-state index is 12.1. The van der Waals surface area contributed by atoms with Crippen molar-refractivity contribution in [3.63, 3.8) is 0 Å². The molecule has 0 amide bonds. The van der Waals surface area contributed by atoms with E-state index in [9.17, 15) is 4.21 Å². The average molecular weight is 291 g/mol. The summed E-state index contributed by atoms with van der Waals surface area (Å²) in [5.41, 5.74) is 0.991. The molecule has 1 unspecified atom stereocenters. The zero-order valence-corrected chi connectivity index (χ0v) is 12.5. The second-order valence-corrected chi connectivity index (χ2v) is 7.01. The van der Waals surface area contributed by atoms with Crippen molar-refractivity contribution in [1.29, 1.82) is 5.26 Å². The Labute approximate surface area is 123 Å². The molecule has 0 aromatic heterocycles. The summed E-state index contributed by atoms with van der Waals surface area (Å²) in [6.45, 7) is 0.501. The van der Waals surface area contributed by atoms with Gasteiger partial charge in [0.15, 0.2) is 0 Å². The number of hydrogen-bond donors (Lipinski definition) is 0. The highest BCUT2D eigenvalue weighted by Gasteiger charge is 2.19. The van der Waals surface area contributed by atoms with Crippen LogP contribution in [0.5, 0.6) is 5.75 Å². The summed E-state index contributed by atoms with van der Waals surface area (Å²) >= 11 is 0. The van der Waals surface area contributed by atoms with E-state index in [-0.39, 0.29) is 0 Å². The van der Waals surface area contributed by atoms with Gasteiger partial charge in [0.25, 0.3) is 0 Å². The smallest absolute Gasteiger partial charge is 0.119 e. The summed E-state index contributed by atoms with van der Waals surface area (Å²) in [5.74, 6) is 1.40. The summed E-state index contributed by atoms with van der Waals surface area (Å²) in [5, 5.41) is 8.98. The molecule has 4 heteroatoms. The molecule has 1 aliphatic rings. The fraction of sp³-hybridized carbons (Fsp3) is 0.562. The first-order chi connectivity index (χ1) is 9.79. The Balaban J connectivity index is 1.72. The van der Waals surface area contributed by atoms with Gasteiger partial charge in [-0.3, -0.25) is 4.21 Å². The maximum absolute atomic E-state index is 12.1. The molecule has 3 nitrogen and oxygen atoms in total. The molecule has 0 aliphatic heterocycles. The van der Waals surface area contributed by atoms with Gasteiger partial charge in [-0.25, -0.2) is 0 Å². The first kappa shape index (κ1) is 15.1. The lowest BCUT2D eigenvalue weighted by molar-refractivity contribution is 0.342. The van der Waals surface area contributed by atoms with Crippen molar-refractivity contribution in [1.82, 2.24) is 0 Å². The molecule has 0 N–H and O–H groups in total. The SMILES string of the molecule is N#CCc1ccc(OCCS(=O)C2CCCCC2)cc1. The topological polar surface area (TPSA) is 50.1 Å². The summed E-state index contributed by atoms with van der Waals surface area (Å²) in [7, 11) is -0.756. The molecule has 108 valence electrons. The van der Waals surface area contributed by atoms with Crippen LogP contribution in [0.15, 0.2) is 24.3 Å². The van der Waals surface area contributed by atoms with E-state index in [2.05, 4.69) is 6.07 Å². The highest BCUT2D eigenvalue weighted by Crippen LogP contribution is 2.22. The Morgan fingerprint density at radius 3 is 2.55 bits per heavy atom. The number of hydrogen-bond acceptors (Lipinski definition) is 3. The molecule has 0 radical (unpaired) electrons. The summed E-state index contributed by atoms with van der Waals surface area (Å²) < 4.78 is 17.7. The van der Waals surface area contributed by atoms with Crippen LogP contribution in [0, 0.1) is 11.3 Å². The normalized spacial score (nSPS) is 17.4. The predicted molar refractivity (Wildman–Crippen MR) is 81.1 cm³/mol. The van der Waals surface area contributed by atoms with Crippen molar-refractivity contribution in [3.8, 4) is 11.8 Å². The third-order valence-electron chi connectivity index (χ3n) is 3.68. The number of rotatable bonds is 6. The Bertz CT molecular complexity index is 472. The van der Waals surface area contributed by atoms with E-state index in [4.69, 9.17) is 10.00 Å². The van der Waals surface area contributed by atoms with Crippen LogP contribution in [0.1, 0.15) is 37.7 Å². The van der Waals surface area contributed by atoms with E-state index in [1.165, 1.54) is 19.3 Å². The van der Waals surface area contributed by atoms with Gasteiger partial charge in [0, 0.05) is 16.0 Å². The van der Waals surface area contributed by atoms with Crippen molar-refractivity contribution in [2.45, 2.75) is 43.8 Å². The number of nitriles is 1. The van der Waals surface area contributed by atoms with Crippen LogP contribution in [0.25, 0.3) is 0 Å². The minimum absolute atomic E-state index is 0.380. The van der Waals surface area contributed by atoms with Crippen molar-refractivity contribution < 1.29 is 8.95 Å². The molecule has 0 heterocycles. The van der Waals surface area contributed by atoms with Crippen molar-refractivity contribution in [3.05, 3.63) is 29.8 Å². The molecule has 1 fully saturated rings. The van der Waals surface area contributed by atoms with Crippen LogP contribution < -0.4 is 4.74 Å². The van der Waals surface area contributed by atoms with Gasteiger partial charge in [0.1, 0.15) is 5.75 Å². The Kier molecular flexibility index (Phi) is 6.07. The quantitative estimate of drug-likeness (QED) is 0.808. The van der Waals surface area contributed by atoms with Crippen LogP contribution in [-0.2, 0) is 17.2 Å². The van der Waals surface area contributed by atoms with Crippen LogP contribution in [0.3, 0.4) is 0 Å². The van der Waals surface area contributed by atoms with Crippen LogP contribution in [-0.4, -0.2) is 21.8 Å². The summed E-state index contributed by atoms with van der Waals surface area (Å²) in [6, 6.07) is 9.66. The van der Waals surface area contributed by atoms with Crippen LogP contribution in [0.2, 0.25) is 0 Å². The Hall–Kier alpha value is -1.34. The monoisotopic (exact) mass is 291 g/mol. The third-order valence-corrected chi connectivity index (χ3v) is 5.47. The van der Waals surface area contributed by atoms with E-state index in [1.807, 2.05) is 24.3 Å². The number of benzene rings is 1. The lowest BCUT2D eigenvalue weighted by Gasteiger charge is -2.20. The number of ether oxygens (including phenoxy) is 1. The van der Waals surface area contributed by atoms with Gasteiger partial charge >= 0.3 is 0 Å². The van der Waals surface area contributed by atoms with E-state index in [1.54, 1.807) is 0 Å². The lowest BCUT2D eigenvalue weighted by atomic mass is 10.0. The van der Waals surface area contributed by atoms with Crippen molar-refractivity contribution >= 4 is 10.8 Å². The number of nitrogens with zero attached hydrogens (tertiary/aromatic N) is 1. The van der Waals surface area contributed by atoms with E-state index in [0.29, 0.717) is 24.0 Å². The molecule has 2 rings (SSSR count). The van der Waals surface area contributed by atoms with E-state index >= 15 is 0 Å². The maximum Gasteiger partial charge on any atom is 0.119 e. The molecular weight excluding hydrogens is 270 g/mol. The zero-order chi connectivity index (χ0) is 14.2. The van der Waals surface area contributed by atoms with Crippen molar-refractivity contribution in [2.75, 3.05) is 12.4 Å². The molecule has 0 spiro atoms. The summed E-state index contributed by atoms with van der Waals surface area (Å²) in [4.78, 5) is 0. The molecular formula is C16H21NO2S. The highest BCUT2D eigenvalue weighted by molar-refractivity contribution is 7.85. The van der Waals surface area contributed by atoms with Gasteiger partial charge < -0.3 is 4.74 Å². The molecule has 1 aromatic rings. The average Bonchev–Trinajstić information content (AvgIpc) is 2.50. The predicted octanol–water partition coefficient (Wildman–Crippen LogP) is 3.21. The molecule has 20 heavy (non-hydrogen) atoms. The van der Waals surface area contributed by atoms with Crippen molar-refractivity contribution in [2.24, 2.45) is 0 Å². The van der Waals surface area contributed by atoms with Gasteiger partial charge in [-0.1, -0.05) is 31.4 Å². The summed E-state index contributed by atoms with van der Waals surface area (Å²) in [6.07, 6.45) is 6.37. The van der Waals surface area contributed by atoms with Gasteiger partial charge in [0.05, 0.1) is 24.8 Å². The van der Waals surface area contributed by atoms with E-state index < -0.39 is 10.8 Å². The van der Waals surface area contributed by atoms with Gasteiger partial charge in [0.2, 0.25) is 0 Å². The second-order valence-electron chi connectivity index (χ2n) is 5.17. The van der Waals surface area contributed by atoms with Gasteiger partial charge in [-0.15, -0.1) is 0 Å². The van der Waals surface area contributed by atoms with Crippen LogP contribution >= 0.6 is 0 Å². The Morgan fingerprint density at radius 2 is 1.90 bits per heavy atom. The molecule has 1 saturated carbocycles. The lowest BCUT2D eigenvalue weighted by Crippen LogP contribution is -2.23. The minimum atomic E-state index is -0.756.